The minimum Gasteiger partial charge on any atom is -0.395 e. The quantitative estimate of drug-likeness (QED) is 0.751. The van der Waals surface area contributed by atoms with Crippen LogP contribution in [0.5, 0.6) is 0 Å². The third kappa shape index (κ3) is 2.62. The number of aliphatic hydroxyl groups excluding tert-OH is 1. The predicted octanol–water partition coefficient (Wildman–Crippen LogP) is 1.65. The van der Waals surface area contributed by atoms with E-state index in [0.29, 0.717) is 13.1 Å². The van der Waals surface area contributed by atoms with E-state index in [1.165, 1.54) is 0 Å². The van der Waals surface area contributed by atoms with Crippen molar-refractivity contribution in [3.8, 4) is 0 Å². The van der Waals surface area contributed by atoms with Crippen molar-refractivity contribution in [2.24, 2.45) is 0 Å². The van der Waals surface area contributed by atoms with E-state index in [2.05, 4.69) is 17.4 Å². The standard InChI is InChI=1S/C15H21NO2/c17-11-10-16-12-14(18)15(8-4-5-9-15)13-6-2-1-3-7-13/h1-3,6-7,16-17H,4-5,8-12H2. The Morgan fingerprint density at radius 1 is 1.22 bits per heavy atom. The number of ketones is 1. The van der Waals surface area contributed by atoms with Gasteiger partial charge in [0.2, 0.25) is 0 Å². The Labute approximate surface area is 108 Å². The molecule has 2 N–H and O–H groups in total. The maximum absolute atomic E-state index is 12.5. The predicted molar refractivity (Wildman–Crippen MR) is 71.6 cm³/mol. The summed E-state index contributed by atoms with van der Waals surface area (Å²) in [6.07, 6.45) is 4.16. The largest absolute Gasteiger partial charge is 0.395 e. The van der Waals surface area contributed by atoms with Gasteiger partial charge in [-0.3, -0.25) is 4.79 Å². The summed E-state index contributed by atoms with van der Waals surface area (Å²) in [4.78, 5) is 12.5. The molecular weight excluding hydrogens is 226 g/mol. The molecule has 1 aromatic carbocycles. The highest BCUT2D eigenvalue weighted by molar-refractivity contribution is 5.92. The lowest BCUT2D eigenvalue weighted by Gasteiger charge is -2.28. The lowest BCUT2D eigenvalue weighted by atomic mass is 9.75. The second kappa shape index (κ2) is 6.12. The molecule has 1 fully saturated rings. The number of nitrogens with one attached hydrogen (secondary N) is 1. The molecule has 0 saturated heterocycles. The molecule has 1 aliphatic carbocycles. The molecule has 0 atom stereocenters. The van der Waals surface area contributed by atoms with Crippen LogP contribution in [-0.4, -0.2) is 30.6 Å². The number of benzene rings is 1. The van der Waals surface area contributed by atoms with E-state index in [0.717, 1.165) is 31.2 Å². The highest BCUT2D eigenvalue weighted by Crippen LogP contribution is 2.41. The van der Waals surface area contributed by atoms with Gasteiger partial charge >= 0.3 is 0 Å². The Bertz CT molecular complexity index is 383. The first-order chi connectivity index (χ1) is 8.79. The molecule has 98 valence electrons. The summed E-state index contributed by atoms with van der Waals surface area (Å²) in [6, 6.07) is 10.1. The fourth-order valence-corrected chi connectivity index (χ4v) is 2.91. The van der Waals surface area contributed by atoms with Crippen molar-refractivity contribution in [1.29, 1.82) is 0 Å². The summed E-state index contributed by atoms with van der Waals surface area (Å²) in [7, 11) is 0. The first kappa shape index (κ1) is 13.2. The minimum absolute atomic E-state index is 0.0750. The van der Waals surface area contributed by atoms with Gasteiger partial charge in [0.25, 0.3) is 0 Å². The Morgan fingerprint density at radius 2 is 1.89 bits per heavy atom. The second-order valence-electron chi connectivity index (χ2n) is 4.98. The number of rotatable bonds is 6. The number of aliphatic hydroxyl groups is 1. The summed E-state index contributed by atoms with van der Waals surface area (Å²) < 4.78 is 0. The Morgan fingerprint density at radius 3 is 2.50 bits per heavy atom. The van der Waals surface area contributed by atoms with Gasteiger partial charge in [-0.05, 0) is 18.4 Å². The lowest BCUT2D eigenvalue weighted by Crippen LogP contribution is -2.40. The van der Waals surface area contributed by atoms with Crippen LogP contribution in [-0.2, 0) is 10.2 Å². The SMILES string of the molecule is O=C(CNCCO)C1(c2ccccc2)CCCC1. The molecule has 2 rings (SSSR count). The smallest absolute Gasteiger partial charge is 0.157 e. The Balaban J connectivity index is 2.14. The van der Waals surface area contributed by atoms with Gasteiger partial charge in [0, 0.05) is 6.54 Å². The van der Waals surface area contributed by atoms with Gasteiger partial charge in [0.1, 0.15) is 0 Å². The number of hydrogen-bond donors (Lipinski definition) is 2. The van der Waals surface area contributed by atoms with Crippen LogP contribution >= 0.6 is 0 Å². The molecule has 0 aromatic heterocycles. The number of hydrogen-bond acceptors (Lipinski definition) is 3. The van der Waals surface area contributed by atoms with E-state index in [4.69, 9.17) is 5.11 Å². The summed E-state index contributed by atoms with van der Waals surface area (Å²) in [6.45, 7) is 0.914. The van der Waals surface area contributed by atoms with Crippen molar-refractivity contribution in [3.05, 3.63) is 35.9 Å². The van der Waals surface area contributed by atoms with E-state index in [-0.39, 0.29) is 17.8 Å². The molecule has 0 unspecified atom stereocenters. The van der Waals surface area contributed by atoms with Crippen LogP contribution < -0.4 is 5.32 Å². The van der Waals surface area contributed by atoms with Crippen molar-refractivity contribution in [2.75, 3.05) is 19.7 Å². The zero-order valence-electron chi connectivity index (χ0n) is 10.7. The molecule has 0 spiro atoms. The van der Waals surface area contributed by atoms with Gasteiger partial charge in [-0.2, -0.15) is 0 Å². The van der Waals surface area contributed by atoms with Crippen LogP contribution in [0.25, 0.3) is 0 Å². The van der Waals surface area contributed by atoms with Crippen LogP contribution in [0.4, 0.5) is 0 Å². The topological polar surface area (TPSA) is 49.3 Å². The van der Waals surface area contributed by atoms with Crippen molar-refractivity contribution in [2.45, 2.75) is 31.1 Å². The first-order valence-electron chi connectivity index (χ1n) is 6.70. The molecular formula is C15H21NO2. The van der Waals surface area contributed by atoms with Crippen LogP contribution in [0.15, 0.2) is 30.3 Å². The Hall–Kier alpha value is -1.19. The molecule has 1 saturated carbocycles. The fourth-order valence-electron chi connectivity index (χ4n) is 2.91. The third-order valence-electron chi connectivity index (χ3n) is 3.89. The summed E-state index contributed by atoms with van der Waals surface area (Å²) >= 11 is 0. The molecule has 18 heavy (non-hydrogen) atoms. The fraction of sp³-hybridized carbons (Fsp3) is 0.533. The van der Waals surface area contributed by atoms with Gasteiger partial charge in [-0.25, -0.2) is 0 Å². The van der Waals surface area contributed by atoms with E-state index in [1.807, 2.05) is 18.2 Å². The number of carbonyl (C=O) groups excluding carboxylic acids is 1. The summed E-state index contributed by atoms with van der Waals surface area (Å²) in [5, 5.41) is 11.8. The maximum Gasteiger partial charge on any atom is 0.157 e. The molecule has 0 radical (unpaired) electrons. The normalized spacial score (nSPS) is 17.8. The molecule has 3 nitrogen and oxygen atoms in total. The van der Waals surface area contributed by atoms with Crippen LogP contribution in [0.1, 0.15) is 31.2 Å². The first-order valence-corrected chi connectivity index (χ1v) is 6.70. The monoisotopic (exact) mass is 247 g/mol. The van der Waals surface area contributed by atoms with Gasteiger partial charge in [0.05, 0.1) is 18.6 Å². The number of Topliss-reactive ketones (excluding diaryl/α,β-unsaturated/α-hetero) is 1. The van der Waals surface area contributed by atoms with Gasteiger partial charge in [-0.15, -0.1) is 0 Å². The lowest BCUT2D eigenvalue weighted by molar-refractivity contribution is -0.123. The van der Waals surface area contributed by atoms with Crippen molar-refractivity contribution < 1.29 is 9.90 Å². The molecule has 0 amide bonds. The number of carbonyl (C=O) groups is 1. The van der Waals surface area contributed by atoms with Crippen LogP contribution in [0, 0.1) is 0 Å². The van der Waals surface area contributed by atoms with Crippen molar-refractivity contribution in [3.63, 3.8) is 0 Å². The highest BCUT2D eigenvalue weighted by atomic mass is 16.3. The van der Waals surface area contributed by atoms with Crippen molar-refractivity contribution >= 4 is 5.78 Å². The average molecular weight is 247 g/mol. The van der Waals surface area contributed by atoms with Gasteiger partial charge < -0.3 is 10.4 Å². The van der Waals surface area contributed by atoms with E-state index in [1.54, 1.807) is 0 Å². The molecule has 0 aliphatic heterocycles. The zero-order chi connectivity index (χ0) is 12.8. The van der Waals surface area contributed by atoms with Gasteiger partial charge in [0.15, 0.2) is 5.78 Å². The van der Waals surface area contributed by atoms with Gasteiger partial charge in [-0.1, -0.05) is 43.2 Å². The molecule has 1 aromatic rings. The molecule has 0 heterocycles. The molecule has 3 heteroatoms. The van der Waals surface area contributed by atoms with Crippen LogP contribution in [0.3, 0.4) is 0 Å². The van der Waals surface area contributed by atoms with Crippen molar-refractivity contribution in [1.82, 2.24) is 5.32 Å². The van der Waals surface area contributed by atoms with E-state index >= 15 is 0 Å². The van der Waals surface area contributed by atoms with Crippen LogP contribution in [0.2, 0.25) is 0 Å². The summed E-state index contributed by atoms with van der Waals surface area (Å²) in [5.74, 6) is 0.264. The minimum atomic E-state index is -0.288. The average Bonchev–Trinajstić information content (AvgIpc) is 2.90. The second-order valence-corrected chi connectivity index (χ2v) is 4.98. The third-order valence-corrected chi connectivity index (χ3v) is 3.89. The van der Waals surface area contributed by atoms with E-state index < -0.39 is 0 Å². The highest BCUT2D eigenvalue weighted by Gasteiger charge is 2.41. The zero-order valence-corrected chi connectivity index (χ0v) is 10.7. The summed E-state index contributed by atoms with van der Waals surface area (Å²) in [5.41, 5.74) is 0.863. The van der Waals surface area contributed by atoms with E-state index in [9.17, 15) is 4.79 Å². The molecule has 0 bridgehead atoms. The Kier molecular flexibility index (Phi) is 4.50. The maximum atomic E-state index is 12.5. The molecule has 1 aliphatic rings.